The molecule has 0 saturated heterocycles. The number of rotatable bonds is 7. The maximum atomic E-state index is 13.3. The van der Waals surface area contributed by atoms with Crippen LogP contribution in [0.3, 0.4) is 0 Å². The molecule has 0 aliphatic carbocycles. The molecule has 0 spiro atoms. The lowest BCUT2D eigenvalue weighted by atomic mass is 10.2. The summed E-state index contributed by atoms with van der Waals surface area (Å²) >= 11 is 0. The van der Waals surface area contributed by atoms with Gasteiger partial charge in [0.25, 0.3) is 0 Å². The van der Waals surface area contributed by atoms with Gasteiger partial charge in [0.15, 0.2) is 0 Å². The Bertz CT molecular complexity index is 630. The van der Waals surface area contributed by atoms with Crippen molar-refractivity contribution in [3.8, 4) is 0 Å². The van der Waals surface area contributed by atoms with Crippen molar-refractivity contribution in [1.29, 1.82) is 0 Å². The van der Waals surface area contributed by atoms with E-state index in [2.05, 4.69) is 0 Å². The molecule has 0 aliphatic heterocycles. The summed E-state index contributed by atoms with van der Waals surface area (Å²) < 4.78 is 13.3. The largest absolute Gasteiger partial charge is 0.362 e. The Hall–Kier alpha value is -2.36. The summed E-state index contributed by atoms with van der Waals surface area (Å²) in [6.45, 7) is 6.08. The minimum atomic E-state index is -0.273. The lowest BCUT2D eigenvalue weighted by Gasteiger charge is -2.27. The average molecular weight is 314 g/mol. The molecule has 23 heavy (non-hydrogen) atoms. The lowest BCUT2D eigenvalue weighted by molar-refractivity contribution is -0.130. The van der Waals surface area contributed by atoms with Gasteiger partial charge in [-0.1, -0.05) is 30.3 Å². The van der Waals surface area contributed by atoms with Crippen LogP contribution in [-0.4, -0.2) is 30.4 Å². The quantitative estimate of drug-likeness (QED) is 0.778. The van der Waals surface area contributed by atoms with Crippen molar-refractivity contribution >= 4 is 11.6 Å². The number of benzene rings is 2. The van der Waals surface area contributed by atoms with Gasteiger partial charge >= 0.3 is 0 Å². The number of hydrogen-bond acceptors (Lipinski definition) is 2. The Balaban J connectivity index is 2.04. The second-order valence-electron chi connectivity index (χ2n) is 5.39. The van der Waals surface area contributed by atoms with E-state index in [4.69, 9.17) is 0 Å². The fourth-order valence-electron chi connectivity index (χ4n) is 2.52. The van der Waals surface area contributed by atoms with Crippen LogP contribution in [0.15, 0.2) is 54.6 Å². The van der Waals surface area contributed by atoms with E-state index < -0.39 is 0 Å². The smallest absolute Gasteiger partial charge is 0.242 e. The number of amides is 1. The molecule has 0 aliphatic rings. The molecule has 2 aromatic carbocycles. The Morgan fingerprint density at radius 3 is 2.35 bits per heavy atom. The molecule has 0 atom stereocenters. The standard InChI is InChI=1S/C19H23FN2O/c1-3-21(18-11-6-5-7-12-18)15-19(23)22(4-2)14-16-9-8-10-17(20)13-16/h5-13H,3-4,14-15H2,1-2H3. The van der Waals surface area contributed by atoms with Gasteiger partial charge in [-0.3, -0.25) is 4.79 Å². The molecule has 4 heteroatoms. The maximum absolute atomic E-state index is 13.3. The molecule has 0 bridgehead atoms. The number of halogens is 1. The number of carbonyl (C=O) groups excluding carboxylic acids is 1. The van der Waals surface area contributed by atoms with Gasteiger partial charge in [-0.25, -0.2) is 4.39 Å². The van der Waals surface area contributed by atoms with E-state index in [1.165, 1.54) is 12.1 Å². The number of hydrogen-bond donors (Lipinski definition) is 0. The molecule has 0 heterocycles. The minimum absolute atomic E-state index is 0.0439. The van der Waals surface area contributed by atoms with E-state index in [9.17, 15) is 9.18 Å². The highest BCUT2D eigenvalue weighted by atomic mass is 19.1. The summed E-state index contributed by atoms with van der Waals surface area (Å²) in [5, 5.41) is 0. The van der Waals surface area contributed by atoms with E-state index in [0.29, 0.717) is 19.6 Å². The normalized spacial score (nSPS) is 10.4. The molecule has 122 valence electrons. The average Bonchev–Trinajstić information content (AvgIpc) is 2.58. The summed E-state index contributed by atoms with van der Waals surface area (Å²) in [7, 11) is 0. The van der Waals surface area contributed by atoms with Gasteiger partial charge in [0.1, 0.15) is 5.82 Å². The van der Waals surface area contributed by atoms with Gasteiger partial charge in [0.2, 0.25) is 5.91 Å². The number of carbonyl (C=O) groups is 1. The highest BCUT2D eigenvalue weighted by Crippen LogP contribution is 2.14. The highest BCUT2D eigenvalue weighted by molar-refractivity contribution is 5.81. The monoisotopic (exact) mass is 314 g/mol. The molecule has 0 saturated carbocycles. The Morgan fingerprint density at radius 2 is 1.74 bits per heavy atom. The molecule has 0 N–H and O–H groups in total. The van der Waals surface area contributed by atoms with Crippen molar-refractivity contribution < 1.29 is 9.18 Å². The molecule has 0 unspecified atom stereocenters. The summed E-state index contributed by atoms with van der Waals surface area (Å²) in [5.41, 5.74) is 1.84. The van der Waals surface area contributed by atoms with Gasteiger partial charge in [0, 0.05) is 25.3 Å². The van der Waals surface area contributed by atoms with Crippen LogP contribution in [0.2, 0.25) is 0 Å². The molecular formula is C19H23FN2O. The lowest BCUT2D eigenvalue weighted by Crippen LogP contribution is -2.40. The van der Waals surface area contributed by atoms with Crippen molar-refractivity contribution in [3.05, 3.63) is 66.0 Å². The van der Waals surface area contributed by atoms with E-state index >= 15 is 0 Å². The van der Waals surface area contributed by atoms with Crippen LogP contribution in [-0.2, 0) is 11.3 Å². The van der Waals surface area contributed by atoms with Crippen LogP contribution in [0, 0.1) is 5.82 Å². The minimum Gasteiger partial charge on any atom is -0.362 e. The highest BCUT2D eigenvalue weighted by Gasteiger charge is 2.16. The topological polar surface area (TPSA) is 23.6 Å². The molecular weight excluding hydrogens is 291 g/mol. The van der Waals surface area contributed by atoms with E-state index in [-0.39, 0.29) is 11.7 Å². The van der Waals surface area contributed by atoms with E-state index in [1.54, 1.807) is 11.0 Å². The molecule has 0 radical (unpaired) electrons. The van der Waals surface area contributed by atoms with Crippen LogP contribution in [0.25, 0.3) is 0 Å². The van der Waals surface area contributed by atoms with Gasteiger partial charge in [0.05, 0.1) is 6.54 Å². The Kier molecular flexibility index (Phi) is 6.15. The van der Waals surface area contributed by atoms with E-state index in [1.807, 2.05) is 55.1 Å². The third kappa shape index (κ3) is 4.81. The van der Waals surface area contributed by atoms with Crippen LogP contribution in [0.1, 0.15) is 19.4 Å². The van der Waals surface area contributed by atoms with Crippen LogP contribution in [0.4, 0.5) is 10.1 Å². The van der Waals surface area contributed by atoms with Crippen LogP contribution >= 0.6 is 0 Å². The second-order valence-corrected chi connectivity index (χ2v) is 5.39. The number of anilines is 1. The fraction of sp³-hybridized carbons (Fsp3) is 0.316. The predicted molar refractivity (Wildman–Crippen MR) is 91.8 cm³/mol. The van der Waals surface area contributed by atoms with Gasteiger partial charge in [-0.05, 0) is 43.7 Å². The van der Waals surface area contributed by atoms with Gasteiger partial charge < -0.3 is 9.80 Å². The first-order chi connectivity index (χ1) is 11.1. The first-order valence-electron chi connectivity index (χ1n) is 7.96. The summed E-state index contributed by atoms with van der Waals surface area (Å²) in [6.07, 6.45) is 0. The first-order valence-corrected chi connectivity index (χ1v) is 7.96. The zero-order chi connectivity index (χ0) is 16.7. The van der Waals surface area contributed by atoms with Crippen LogP contribution < -0.4 is 4.90 Å². The van der Waals surface area contributed by atoms with Gasteiger partial charge in [-0.15, -0.1) is 0 Å². The van der Waals surface area contributed by atoms with Crippen molar-refractivity contribution in [2.75, 3.05) is 24.5 Å². The number of nitrogens with zero attached hydrogens (tertiary/aromatic N) is 2. The molecule has 2 aromatic rings. The zero-order valence-corrected chi connectivity index (χ0v) is 13.7. The first kappa shape index (κ1) is 17.0. The molecule has 1 amide bonds. The van der Waals surface area contributed by atoms with E-state index in [0.717, 1.165) is 17.8 Å². The van der Waals surface area contributed by atoms with Crippen molar-refractivity contribution in [1.82, 2.24) is 4.90 Å². The third-order valence-corrected chi connectivity index (χ3v) is 3.83. The van der Waals surface area contributed by atoms with Crippen molar-refractivity contribution in [3.63, 3.8) is 0 Å². The second kappa shape index (κ2) is 8.32. The van der Waals surface area contributed by atoms with Gasteiger partial charge in [-0.2, -0.15) is 0 Å². The summed E-state index contributed by atoms with van der Waals surface area (Å²) in [6, 6.07) is 16.3. The fourth-order valence-corrected chi connectivity index (χ4v) is 2.52. The summed E-state index contributed by atoms with van der Waals surface area (Å²) in [4.78, 5) is 16.4. The Morgan fingerprint density at radius 1 is 1.00 bits per heavy atom. The third-order valence-electron chi connectivity index (χ3n) is 3.83. The summed E-state index contributed by atoms with van der Waals surface area (Å²) in [5.74, 6) is -0.229. The zero-order valence-electron chi connectivity index (χ0n) is 13.7. The SMILES string of the molecule is CCN(Cc1cccc(F)c1)C(=O)CN(CC)c1ccccc1. The molecule has 3 nitrogen and oxygen atoms in total. The number of para-hydroxylation sites is 1. The van der Waals surface area contributed by atoms with Crippen molar-refractivity contribution in [2.24, 2.45) is 0 Å². The maximum Gasteiger partial charge on any atom is 0.242 e. The van der Waals surface area contributed by atoms with Crippen molar-refractivity contribution in [2.45, 2.75) is 20.4 Å². The molecule has 0 aromatic heterocycles. The molecule has 0 fully saturated rings. The number of likely N-dealkylation sites (N-methyl/N-ethyl adjacent to an activating group) is 2. The van der Waals surface area contributed by atoms with Crippen LogP contribution in [0.5, 0.6) is 0 Å². The molecule has 2 rings (SSSR count). The Labute approximate surface area is 137 Å². The predicted octanol–water partition coefficient (Wildman–Crippen LogP) is 3.70.